The standard InChI is InChI=1S/C50H40N2/c1-4-5-6-17-36(2)42-19-10-14-25-48(42)51(47-24-13-7-18-37(47)3)40-32-28-38(29-33-40)39-30-34-41(35-31-39)52-49-26-15-11-22-45(49)43-20-8-9-21-44(43)46-23-12-16-27-50(46)52/h4-35H,2H2,1,3H3/b5-4-,17-6-. The van der Waals surface area contributed by atoms with Crippen molar-refractivity contribution < 1.29 is 0 Å². The Hall–Kier alpha value is -6.64. The normalized spacial score (nSPS) is 11.9. The van der Waals surface area contributed by atoms with Crippen LogP contribution in [0, 0.1) is 6.92 Å². The molecule has 0 radical (unpaired) electrons. The molecular formula is C50H40N2. The predicted molar refractivity (Wildman–Crippen MR) is 223 cm³/mol. The molecule has 0 saturated carbocycles. The molecule has 7 aromatic rings. The third-order valence-electron chi connectivity index (χ3n) is 9.83. The van der Waals surface area contributed by atoms with E-state index in [2.05, 4.69) is 199 Å². The van der Waals surface area contributed by atoms with Gasteiger partial charge in [0.25, 0.3) is 0 Å². The minimum atomic E-state index is 0.961. The van der Waals surface area contributed by atoms with Gasteiger partial charge in [0.15, 0.2) is 0 Å². The zero-order valence-electron chi connectivity index (χ0n) is 29.6. The number of nitrogens with zero attached hydrogens (tertiary/aromatic N) is 2. The van der Waals surface area contributed by atoms with Crippen molar-refractivity contribution in [2.24, 2.45) is 0 Å². The summed E-state index contributed by atoms with van der Waals surface area (Å²) in [5.41, 5.74) is 17.3. The van der Waals surface area contributed by atoms with Gasteiger partial charge in [-0.3, -0.25) is 0 Å². The topological polar surface area (TPSA) is 6.48 Å². The van der Waals surface area contributed by atoms with Gasteiger partial charge in [-0.15, -0.1) is 0 Å². The van der Waals surface area contributed by atoms with E-state index in [1.54, 1.807) is 0 Å². The molecular weight excluding hydrogens is 629 g/mol. The van der Waals surface area contributed by atoms with Crippen LogP contribution in [0.5, 0.6) is 0 Å². The predicted octanol–water partition coefficient (Wildman–Crippen LogP) is 14.4. The fraction of sp³-hybridized carbons (Fsp3) is 0.0400. The molecule has 1 aliphatic rings. The van der Waals surface area contributed by atoms with E-state index >= 15 is 0 Å². The van der Waals surface area contributed by atoms with E-state index in [0.717, 1.165) is 39.4 Å². The van der Waals surface area contributed by atoms with Crippen LogP contribution in [-0.2, 0) is 0 Å². The summed E-state index contributed by atoms with van der Waals surface area (Å²) in [5, 5.41) is 0. The third kappa shape index (κ3) is 6.05. The highest BCUT2D eigenvalue weighted by Gasteiger charge is 2.25. The van der Waals surface area contributed by atoms with Crippen LogP contribution in [0.25, 0.3) is 39.0 Å². The average molecular weight is 669 g/mol. The first-order valence-electron chi connectivity index (χ1n) is 17.8. The first-order valence-corrected chi connectivity index (χ1v) is 17.8. The summed E-state index contributed by atoms with van der Waals surface area (Å²) in [6.07, 6.45) is 8.17. The van der Waals surface area contributed by atoms with Crippen LogP contribution in [0.1, 0.15) is 18.1 Å². The van der Waals surface area contributed by atoms with Crippen molar-refractivity contribution in [3.8, 4) is 33.4 Å². The second-order valence-electron chi connectivity index (χ2n) is 13.1. The number of allylic oxidation sites excluding steroid dienone is 5. The minimum Gasteiger partial charge on any atom is -0.310 e. The summed E-state index contributed by atoms with van der Waals surface area (Å²) >= 11 is 0. The summed E-state index contributed by atoms with van der Waals surface area (Å²) < 4.78 is 0. The van der Waals surface area contributed by atoms with E-state index in [0.29, 0.717) is 0 Å². The number of aryl methyl sites for hydroxylation is 1. The summed E-state index contributed by atoms with van der Waals surface area (Å²) in [6.45, 7) is 8.62. The van der Waals surface area contributed by atoms with Crippen LogP contribution < -0.4 is 9.80 Å². The molecule has 0 aromatic heterocycles. The monoisotopic (exact) mass is 668 g/mol. The number of hydrogen-bond donors (Lipinski definition) is 0. The molecule has 0 unspecified atom stereocenters. The van der Waals surface area contributed by atoms with E-state index in [1.807, 2.05) is 25.2 Å². The Morgan fingerprint density at radius 1 is 0.519 bits per heavy atom. The van der Waals surface area contributed by atoms with Crippen molar-refractivity contribution >= 4 is 39.7 Å². The molecule has 0 aliphatic carbocycles. The average Bonchev–Trinajstić information content (AvgIpc) is 3.32. The zero-order valence-corrected chi connectivity index (χ0v) is 29.6. The number of hydrogen-bond acceptors (Lipinski definition) is 2. The fourth-order valence-corrected chi connectivity index (χ4v) is 7.29. The van der Waals surface area contributed by atoms with E-state index < -0.39 is 0 Å². The van der Waals surface area contributed by atoms with Crippen molar-refractivity contribution in [2.45, 2.75) is 13.8 Å². The Balaban J connectivity index is 1.16. The summed E-state index contributed by atoms with van der Waals surface area (Å²) in [5.74, 6) is 0. The molecule has 1 heterocycles. The highest BCUT2D eigenvalue weighted by molar-refractivity contribution is 6.02. The molecule has 1 aliphatic heterocycles. The minimum absolute atomic E-state index is 0.961. The molecule has 250 valence electrons. The van der Waals surface area contributed by atoms with Gasteiger partial charge in [0.1, 0.15) is 0 Å². The highest BCUT2D eigenvalue weighted by atomic mass is 15.2. The van der Waals surface area contributed by atoms with Gasteiger partial charge in [-0.1, -0.05) is 152 Å². The molecule has 0 saturated heterocycles. The van der Waals surface area contributed by atoms with Crippen LogP contribution >= 0.6 is 0 Å². The smallest absolute Gasteiger partial charge is 0.0540 e. The highest BCUT2D eigenvalue weighted by Crippen LogP contribution is 2.50. The summed E-state index contributed by atoms with van der Waals surface area (Å²) in [6, 6.07) is 61.1. The maximum atomic E-state index is 4.43. The van der Waals surface area contributed by atoms with E-state index in [9.17, 15) is 0 Å². The number of fused-ring (bicyclic) bond motifs is 5. The van der Waals surface area contributed by atoms with Crippen molar-refractivity contribution in [1.29, 1.82) is 0 Å². The first-order chi connectivity index (χ1) is 25.6. The lowest BCUT2D eigenvalue weighted by Crippen LogP contribution is -2.13. The summed E-state index contributed by atoms with van der Waals surface area (Å²) in [4.78, 5) is 4.75. The van der Waals surface area contributed by atoms with Crippen LogP contribution in [-0.4, -0.2) is 0 Å². The third-order valence-corrected chi connectivity index (χ3v) is 9.83. The van der Waals surface area contributed by atoms with E-state index in [1.165, 1.54) is 44.8 Å². The number of para-hydroxylation sites is 4. The molecule has 7 aromatic carbocycles. The molecule has 2 nitrogen and oxygen atoms in total. The Morgan fingerprint density at radius 3 is 1.62 bits per heavy atom. The first kappa shape index (κ1) is 32.6. The molecule has 8 rings (SSSR count). The SMILES string of the molecule is C=C(/C=C\C=C/C)c1ccccc1N(c1ccc(-c2ccc(N3c4ccccc4-c4ccccc4-c4ccccc43)cc2)cc1)c1ccccc1C. The fourth-order valence-electron chi connectivity index (χ4n) is 7.29. The van der Waals surface area contributed by atoms with Crippen molar-refractivity contribution in [3.05, 3.63) is 212 Å². The molecule has 0 atom stereocenters. The Labute approximate surface area is 307 Å². The molecule has 52 heavy (non-hydrogen) atoms. The number of rotatable bonds is 8. The van der Waals surface area contributed by atoms with Gasteiger partial charge >= 0.3 is 0 Å². The Morgan fingerprint density at radius 2 is 1.02 bits per heavy atom. The lowest BCUT2D eigenvalue weighted by molar-refractivity contribution is 1.24. The zero-order chi connectivity index (χ0) is 35.4. The van der Waals surface area contributed by atoms with Gasteiger partial charge in [0.2, 0.25) is 0 Å². The lowest BCUT2D eigenvalue weighted by atomic mass is 9.95. The second kappa shape index (κ2) is 14.3. The Kier molecular flexibility index (Phi) is 8.96. The van der Waals surface area contributed by atoms with Crippen molar-refractivity contribution in [3.63, 3.8) is 0 Å². The van der Waals surface area contributed by atoms with Gasteiger partial charge in [-0.2, -0.15) is 0 Å². The molecule has 2 heteroatoms. The van der Waals surface area contributed by atoms with Gasteiger partial charge in [-0.05, 0) is 95.8 Å². The van der Waals surface area contributed by atoms with Crippen LogP contribution in [0.3, 0.4) is 0 Å². The van der Waals surface area contributed by atoms with Gasteiger partial charge in [0.05, 0.1) is 17.1 Å². The van der Waals surface area contributed by atoms with Crippen molar-refractivity contribution in [1.82, 2.24) is 0 Å². The number of benzene rings is 7. The molecule has 0 spiro atoms. The second-order valence-corrected chi connectivity index (χ2v) is 13.1. The van der Waals surface area contributed by atoms with E-state index in [4.69, 9.17) is 0 Å². The molecule has 0 bridgehead atoms. The van der Waals surface area contributed by atoms with Crippen LogP contribution in [0.4, 0.5) is 34.1 Å². The molecule has 0 N–H and O–H groups in total. The lowest BCUT2D eigenvalue weighted by Gasteiger charge is -2.29. The number of anilines is 6. The molecule has 0 amide bonds. The van der Waals surface area contributed by atoms with E-state index in [-0.39, 0.29) is 0 Å². The quantitative estimate of drug-likeness (QED) is 0.149. The Bertz CT molecular complexity index is 2380. The van der Waals surface area contributed by atoms with Crippen molar-refractivity contribution in [2.75, 3.05) is 9.80 Å². The van der Waals surface area contributed by atoms with Gasteiger partial charge in [0, 0.05) is 33.8 Å². The van der Waals surface area contributed by atoms with Crippen LogP contribution in [0.15, 0.2) is 201 Å². The maximum Gasteiger partial charge on any atom is 0.0540 e. The van der Waals surface area contributed by atoms with Gasteiger partial charge < -0.3 is 9.80 Å². The van der Waals surface area contributed by atoms with Gasteiger partial charge in [-0.25, -0.2) is 0 Å². The maximum absolute atomic E-state index is 4.43. The largest absolute Gasteiger partial charge is 0.310 e. The van der Waals surface area contributed by atoms with Crippen LogP contribution in [0.2, 0.25) is 0 Å². The summed E-state index contributed by atoms with van der Waals surface area (Å²) in [7, 11) is 0. The molecule has 0 fully saturated rings.